The van der Waals surface area contributed by atoms with E-state index in [-0.39, 0.29) is 17.8 Å². The first kappa shape index (κ1) is 23.7. The first-order chi connectivity index (χ1) is 15.6. The average molecular weight is 486 g/mol. The molecule has 1 N–H and O–H groups in total. The van der Waals surface area contributed by atoms with Crippen molar-refractivity contribution >= 4 is 46.9 Å². The molecule has 0 aromatic heterocycles. The summed E-state index contributed by atoms with van der Waals surface area (Å²) >= 11 is 12.9. The Morgan fingerprint density at radius 2 is 1.88 bits per heavy atom. The van der Waals surface area contributed by atoms with E-state index in [0.29, 0.717) is 21.5 Å². The van der Waals surface area contributed by atoms with Gasteiger partial charge in [-0.1, -0.05) is 55.2 Å². The van der Waals surface area contributed by atoms with Crippen molar-refractivity contribution in [1.82, 2.24) is 10.2 Å². The summed E-state index contributed by atoms with van der Waals surface area (Å²) in [5.74, 6) is -0.0430. The van der Waals surface area contributed by atoms with Crippen LogP contribution in [0.25, 0.3) is 6.08 Å². The highest BCUT2D eigenvalue weighted by Crippen LogP contribution is 2.45. The summed E-state index contributed by atoms with van der Waals surface area (Å²) in [5.41, 5.74) is 4.05. The van der Waals surface area contributed by atoms with Crippen molar-refractivity contribution in [3.8, 4) is 0 Å². The number of benzene rings is 2. The predicted molar refractivity (Wildman–Crippen MR) is 135 cm³/mol. The number of nitrogens with one attached hydrogen (secondary N) is 1. The Morgan fingerprint density at radius 3 is 2.58 bits per heavy atom. The van der Waals surface area contributed by atoms with Gasteiger partial charge in [0.1, 0.15) is 5.70 Å². The van der Waals surface area contributed by atoms with Crippen LogP contribution in [0, 0.1) is 0 Å². The Bertz CT molecular complexity index is 1140. The van der Waals surface area contributed by atoms with Crippen molar-refractivity contribution in [2.24, 2.45) is 0 Å². The molecule has 4 rings (SSSR count). The van der Waals surface area contributed by atoms with Gasteiger partial charge in [-0.25, -0.2) is 4.79 Å². The predicted octanol–water partition coefficient (Wildman–Crippen LogP) is 6.59. The fourth-order valence-corrected chi connectivity index (χ4v) is 5.35. The van der Waals surface area contributed by atoms with Gasteiger partial charge in [-0.2, -0.15) is 0 Å². The zero-order valence-corrected chi connectivity index (χ0v) is 20.9. The second kappa shape index (κ2) is 9.03. The topological polar surface area (TPSA) is 52.7 Å². The fourth-order valence-electron chi connectivity index (χ4n) is 4.95. The molecule has 2 aromatic carbocycles. The van der Waals surface area contributed by atoms with Gasteiger partial charge in [-0.15, -0.1) is 0 Å². The number of halogens is 2. The van der Waals surface area contributed by atoms with Crippen molar-refractivity contribution in [2.45, 2.75) is 58.5 Å². The van der Waals surface area contributed by atoms with Gasteiger partial charge in [0, 0.05) is 27.8 Å². The first-order valence-electron chi connectivity index (χ1n) is 11.3. The lowest BCUT2D eigenvalue weighted by Crippen LogP contribution is -2.48. The van der Waals surface area contributed by atoms with Crippen LogP contribution in [0.5, 0.6) is 0 Å². The van der Waals surface area contributed by atoms with Gasteiger partial charge in [-0.3, -0.25) is 9.69 Å². The number of amides is 3. The Balaban J connectivity index is 1.66. The summed E-state index contributed by atoms with van der Waals surface area (Å²) in [4.78, 5) is 29.1. The van der Waals surface area contributed by atoms with Crippen molar-refractivity contribution in [1.29, 1.82) is 0 Å². The fraction of sp³-hybridized carbons (Fsp3) is 0.385. The number of imide groups is 1. The van der Waals surface area contributed by atoms with Crippen LogP contribution in [0.4, 0.5) is 10.5 Å². The van der Waals surface area contributed by atoms with Crippen LogP contribution in [0.1, 0.15) is 63.1 Å². The molecule has 1 atom stereocenters. The summed E-state index contributed by atoms with van der Waals surface area (Å²) in [5, 5.41) is 3.76. The van der Waals surface area contributed by atoms with E-state index in [1.807, 2.05) is 18.2 Å². The van der Waals surface area contributed by atoms with E-state index in [9.17, 15) is 9.59 Å². The maximum absolute atomic E-state index is 13.0. The SMILES string of the molecule is CCCN1c2cc(Cl)c(/C=C3/NC(=O)N(Cc4ccccc4Cl)C3=O)cc2C(C)CC1(C)C. The molecule has 3 amide bonds. The zero-order valence-electron chi connectivity index (χ0n) is 19.4. The summed E-state index contributed by atoms with van der Waals surface area (Å²) in [6.07, 6.45) is 3.74. The van der Waals surface area contributed by atoms with E-state index in [1.165, 1.54) is 5.56 Å². The van der Waals surface area contributed by atoms with Crippen molar-refractivity contribution in [2.75, 3.05) is 11.4 Å². The highest BCUT2D eigenvalue weighted by Gasteiger charge is 2.37. The minimum atomic E-state index is -0.468. The lowest BCUT2D eigenvalue weighted by atomic mass is 9.79. The van der Waals surface area contributed by atoms with E-state index < -0.39 is 11.9 Å². The second-order valence-corrected chi connectivity index (χ2v) is 10.3. The van der Waals surface area contributed by atoms with E-state index >= 15 is 0 Å². The number of hydrogen-bond acceptors (Lipinski definition) is 3. The van der Waals surface area contributed by atoms with Crippen LogP contribution in [0.3, 0.4) is 0 Å². The molecule has 2 aliphatic rings. The summed E-state index contributed by atoms with van der Waals surface area (Å²) in [7, 11) is 0. The Labute approximate surface area is 205 Å². The highest BCUT2D eigenvalue weighted by atomic mass is 35.5. The molecule has 33 heavy (non-hydrogen) atoms. The standard InChI is InChI=1S/C26H29Cl2N3O2/c1-5-10-31-23-13-21(28)18(11-19(23)16(2)14-26(31,3)4)12-22-24(32)30(25(33)29-22)15-17-8-6-7-9-20(17)27/h6-9,11-13,16H,5,10,14-15H2,1-4H3,(H,29,33)/b22-12+. The van der Waals surface area contributed by atoms with Gasteiger partial charge >= 0.3 is 6.03 Å². The number of urea groups is 1. The van der Waals surface area contributed by atoms with Crippen molar-refractivity contribution in [3.05, 3.63) is 68.8 Å². The zero-order chi connectivity index (χ0) is 23.9. The minimum Gasteiger partial charge on any atom is -0.366 e. The maximum atomic E-state index is 13.0. The molecule has 0 aliphatic carbocycles. The smallest absolute Gasteiger partial charge is 0.329 e. The number of nitrogens with zero attached hydrogens (tertiary/aromatic N) is 2. The largest absolute Gasteiger partial charge is 0.366 e. The molecule has 2 aliphatic heterocycles. The second-order valence-electron chi connectivity index (χ2n) is 9.47. The molecule has 5 nitrogen and oxygen atoms in total. The third-order valence-corrected chi connectivity index (χ3v) is 7.20. The summed E-state index contributed by atoms with van der Waals surface area (Å²) in [6.45, 7) is 10.0. The van der Waals surface area contributed by atoms with E-state index in [0.717, 1.165) is 35.5 Å². The third-order valence-electron chi connectivity index (χ3n) is 6.50. The van der Waals surface area contributed by atoms with Crippen LogP contribution in [-0.2, 0) is 11.3 Å². The Morgan fingerprint density at radius 1 is 1.15 bits per heavy atom. The molecule has 1 unspecified atom stereocenters. The van der Waals surface area contributed by atoms with Crippen LogP contribution in [-0.4, -0.2) is 28.9 Å². The molecule has 174 valence electrons. The highest BCUT2D eigenvalue weighted by molar-refractivity contribution is 6.33. The molecule has 2 heterocycles. The average Bonchev–Trinajstić information content (AvgIpc) is 3.00. The van der Waals surface area contributed by atoms with Gasteiger partial charge in [0.15, 0.2) is 0 Å². The lowest BCUT2D eigenvalue weighted by molar-refractivity contribution is -0.123. The van der Waals surface area contributed by atoms with Crippen LogP contribution in [0.2, 0.25) is 10.0 Å². The molecule has 7 heteroatoms. The first-order valence-corrected chi connectivity index (χ1v) is 12.1. The number of carbonyl (C=O) groups excluding carboxylic acids is 2. The molecule has 0 spiro atoms. The van der Waals surface area contributed by atoms with Gasteiger partial charge in [-0.05, 0) is 73.6 Å². The number of anilines is 1. The van der Waals surface area contributed by atoms with Gasteiger partial charge in [0.25, 0.3) is 5.91 Å². The van der Waals surface area contributed by atoms with Crippen LogP contribution < -0.4 is 10.2 Å². The maximum Gasteiger partial charge on any atom is 0.329 e. The van der Waals surface area contributed by atoms with Gasteiger partial charge in [0.05, 0.1) is 6.54 Å². The monoisotopic (exact) mass is 485 g/mol. The Kier molecular flexibility index (Phi) is 6.47. The quantitative estimate of drug-likeness (QED) is 0.383. The van der Waals surface area contributed by atoms with Crippen molar-refractivity contribution in [3.63, 3.8) is 0 Å². The van der Waals surface area contributed by atoms with E-state index in [2.05, 4.69) is 44.0 Å². The number of hydrogen-bond donors (Lipinski definition) is 1. The van der Waals surface area contributed by atoms with Crippen LogP contribution in [0.15, 0.2) is 42.1 Å². The van der Waals surface area contributed by atoms with Gasteiger partial charge in [0.2, 0.25) is 0 Å². The minimum absolute atomic E-state index is 0.0420. The van der Waals surface area contributed by atoms with E-state index in [1.54, 1.807) is 18.2 Å². The van der Waals surface area contributed by atoms with Crippen LogP contribution >= 0.6 is 23.2 Å². The lowest BCUT2D eigenvalue weighted by Gasteiger charge is -2.47. The molecule has 1 saturated heterocycles. The molecule has 0 bridgehead atoms. The third kappa shape index (κ3) is 4.49. The van der Waals surface area contributed by atoms with E-state index in [4.69, 9.17) is 23.2 Å². The normalized spacial score (nSPS) is 20.9. The number of carbonyl (C=O) groups is 2. The molecular formula is C26H29Cl2N3O2. The summed E-state index contributed by atoms with van der Waals surface area (Å²) < 4.78 is 0. The molecule has 1 fully saturated rings. The number of fused-ring (bicyclic) bond motifs is 1. The molecular weight excluding hydrogens is 457 g/mol. The summed E-state index contributed by atoms with van der Waals surface area (Å²) in [6, 6.07) is 10.8. The Hall–Kier alpha value is -2.50. The molecule has 2 aromatic rings. The van der Waals surface area contributed by atoms with Gasteiger partial charge < -0.3 is 10.2 Å². The van der Waals surface area contributed by atoms with Crippen molar-refractivity contribution < 1.29 is 9.59 Å². The molecule has 0 radical (unpaired) electrons. The molecule has 0 saturated carbocycles. The number of rotatable bonds is 5.